The molecule has 3 rings (SSSR count). The van der Waals surface area contributed by atoms with E-state index in [0.29, 0.717) is 22.8 Å². The van der Waals surface area contributed by atoms with Gasteiger partial charge in [0.2, 0.25) is 5.43 Å². The maximum Gasteiger partial charge on any atom is 0.210 e. The van der Waals surface area contributed by atoms with E-state index in [1.54, 1.807) is 24.5 Å². The fourth-order valence-electron chi connectivity index (χ4n) is 1.74. The average molecular weight is 250 g/mol. The predicted molar refractivity (Wildman–Crippen MR) is 71.3 cm³/mol. The highest BCUT2D eigenvalue weighted by atomic mass is 16.1. The molecule has 0 fully saturated rings. The van der Waals surface area contributed by atoms with Crippen LogP contribution in [0.3, 0.4) is 0 Å². The lowest BCUT2D eigenvalue weighted by Gasteiger charge is -2.02. The maximum absolute atomic E-state index is 12.1. The molecule has 5 heteroatoms. The number of hydrogen-bond acceptors (Lipinski definition) is 4. The molecule has 0 saturated carbocycles. The van der Waals surface area contributed by atoms with Crippen molar-refractivity contribution in [2.45, 2.75) is 0 Å². The van der Waals surface area contributed by atoms with Crippen LogP contribution >= 0.6 is 0 Å². The number of hydrogen-bond donors (Lipinski definition) is 1. The van der Waals surface area contributed by atoms with Crippen molar-refractivity contribution in [1.29, 1.82) is 0 Å². The van der Waals surface area contributed by atoms with Gasteiger partial charge in [-0.25, -0.2) is 0 Å². The van der Waals surface area contributed by atoms with E-state index in [1.165, 1.54) is 6.07 Å². The van der Waals surface area contributed by atoms with Crippen molar-refractivity contribution in [3.8, 4) is 22.8 Å². The van der Waals surface area contributed by atoms with E-state index in [4.69, 9.17) is 0 Å². The van der Waals surface area contributed by atoms with Crippen molar-refractivity contribution in [3.05, 3.63) is 65.1 Å². The van der Waals surface area contributed by atoms with Crippen molar-refractivity contribution < 1.29 is 0 Å². The summed E-state index contributed by atoms with van der Waals surface area (Å²) in [6.07, 6.45) is 3.30. The molecule has 5 nitrogen and oxygen atoms in total. The molecule has 0 aliphatic carbocycles. The maximum atomic E-state index is 12.1. The molecule has 92 valence electrons. The third-order valence-electron chi connectivity index (χ3n) is 2.65. The first-order valence-electron chi connectivity index (χ1n) is 5.77. The zero-order chi connectivity index (χ0) is 13.1. The molecule has 3 heterocycles. The SMILES string of the molecule is O=c1cc(-c2ccccn2)[nH]nc1-c1ccccn1. The molecule has 1 N–H and O–H groups in total. The van der Waals surface area contributed by atoms with Crippen LogP contribution in [0.4, 0.5) is 0 Å². The van der Waals surface area contributed by atoms with Gasteiger partial charge in [-0.15, -0.1) is 0 Å². The molecule has 0 saturated heterocycles. The number of rotatable bonds is 2. The molecule has 0 radical (unpaired) electrons. The van der Waals surface area contributed by atoms with Gasteiger partial charge in [-0.3, -0.25) is 19.9 Å². The highest BCUT2D eigenvalue weighted by Crippen LogP contribution is 2.13. The Labute approximate surface area is 109 Å². The first-order chi connectivity index (χ1) is 9.34. The van der Waals surface area contributed by atoms with Crippen LogP contribution < -0.4 is 5.43 Å². The van der Waals surface area contributed by atoms with Gasteiger partial charge in [0.05, 0.1) is 17.1 Å². The van der Waals surface area contributed by atoms with Gasteiger partial charge >= 0.3 is 0 Å². The molecule has 0 aromatic carbocycles. The number of nitrogens with zero attached hydrogens (tertiary/aromatic N) is 3. The second-order valence-electron chi connectivity index (χ2n) is 3.92. The van der Waals surface area contributed by atoms with Gasteiger partial charge in [0, 0.05) is 18.5 Å². The quantitative estimate of drug-likeness (QED) is 0.754. The Hall–Kier alpha value is -2.82. The second-order valence-corrected chi connectivity index (χ2v) is 3.92. The van der Waals surface area contributed by atoms with Crippen LogP contribution in [0, 0.1) is 0 Å². The molecular weight excluding hydrogens is 240 g/mol. The topological polar surface area (TPSA) is 71.5 Å². The second kappa shape index (κ2) is 4.81. The average Bonchev–Trinajstić information content (AvgIpc) is 2.49. The minimum atomic E-state index is -0.182. The summed E-state index contributed by atoms with van der Waals surface area (Å²) in [5.74, 6) is 0. The van der Waals surface area contributed by atoms with Gasteiger partial charge < -0.3 is 0 Å². The molecule has 0 amide bonds. The normalized spacial score (nSPS) is 10.3. The summed E-state index contributed by atoms with van der Waals surface area (Å²) in [5.41, 5.74) is 1.94. The Morgan fingerprint density at radius 3 is 2.16 bits per heavy atom. The van der Waals surface area contributed by atoms with Crippen molar-refractivity contribution in [3.63, 3.8) is 0 Å². The summed E-state index contributed by atoms with van der Waals surface area (Å²) >= 11 is 0. The third-order valence-corrected chi connectivity index (χ3v) is 2.65. The molecule has 0 bridgehead atoms. The number of H-pyrrole nitrogens is 1. The van der Waals surface area contributed by atoms with E-state index in [-0.39, 0.29) is 5.43 Å². The lowest BCUT2D eigenvalue weighted by atomic mass is 10.2. The molecule has 3 aromatic heterocycles. The third kappa shape index (κ3) is 2.26. The smallest absolute Gasteiger partial charge is 0.210 e. The minimum absolute atomic E-state index is 0.182. The van der Waals surface area contributed by atoms with E-state index in [1.807, 2.05) is 24.3 Å². The molecular formula is C14H10N4O. The Balaban J connectivity index is 2.07. The fraction of sp³-hybridized carbons (Fsp3) is 0. The van der Waals surface area contributed by atoms with E-state index in [2.05, 4.69) is 20.2 Å². The molecule has 0 aliphatic rings. The Kier molecular flexibility index (Phi) is 2.86. The van der Waals surface area contributed by atoms with Crippen molar-refractivity contribution >= 4 is 0 Å². The Bertz CT molecular complexity index is 738. The van der Waals surface area contributed by atoms with Crippen LogP contribution in [0.25, 0.3) is 22.8 Å². The first-order valence-corrected chi connectivity index (χ1v) is 5.77. The molecule has 0 atom stereocenters. The predicted octanol–water partition coefficient (Wildman–Crippen LogP) is 1.89. The summed E-state index contributed by atoms with van der Waals surface area (Å²) in [6.45, 7) is 0. The summed E-state index contributed by atoms with van der Waals surface area (Å²) in [7, 11) is 0. The largest absolute Gasteiger partial charge is 0.287 e. The molecule has 0 spiro atoms. The molecule has 0 unspecified atom stereocenters. The number of aromatic nitrogens is 4. The lowest BCUT2D eigenvalue weighted by molar-refractivity contribution is 1.01. The van der Waals surface area contributed by atoms with Crippen LogP contribution in [-0.4, -0.2) is 20.2 Å². The van der Waals surface area contributed by atoms with Crippen LogP contribution in [0.1, 0.15) is 0 Å². The summed E-state index contributed by atoms with van der Waals surface area (Å²) in [6, 6.07) is 12.3. The Morgan fingerprint density at radius 2 is 1.58 bits per heavy atom. The summed E-state index contributed by atoms with van der Waals surface area (Å²) in [5, 5.41) is 6.92. The molecule has 0 aliphatic heterocycles. The number of pyridine rings is 2. The van der Waals surface area contributed by atoms with E-state index in [9.17, 15) is 4.79 Å². The van der Waals surface area contributed by atoms with E-state index >= 15 is 0 Å². The summed E-state index contributed by atoms with van der Waals surface area (Å²) in [4.78, 5) is 20.3. The first kappa shape index (κ1) is 11.3. The van der Waals surface area contributed by atoms with Crippen molar-refractivity contribution in [2.24, 2.45) is 0 Å². The van der Waals surface area contributed by atoms with Gasteiger partial charge in [0.15, 0.2) is 5.69 Å². The standard InChI is InChI=1S/C14H10N4O/c19-13-9-12(10-5-1-3-7-15-10)17-18-14(13)11-6-2-4-8-16-11/h1-9H,(H,17,19). The van der Waals surface area contributed by atoms with Crippen LogP contribution in [-0.2, 0) is 0 Å². The van der Waals surface area contributed by atoms with Crippen molar-refractivity contribution in [1.82, 2.24) is 20.2 Å². The van der Waals surface area contributed by atoms with Crippen LogP contribution in [0.5, 0.6) is 0 Å². The van der Waals surface area contributed by atoms with Gasteiger partial charge in [-0.05, 0) is 24.3 Å². The highest BCUT2D eigenvalue weighted by molar-refractivity contribution is 5.58. The number of aromatic amines is 1. The zero-order valence-electron chi connectivity index (χ0n) is 9.95. The van der Waals surface area contributed by atoms with Crippen molar-refractivity contribution in [2.75, 3.05) is 0 Å². The van der Waals surface area contributed by atoms with E-state index in [0.717, 1.165) is 0 Å². The monoisotopic (exact) mass is 250 g/mol. The van der Waals surface area contributed by atoms with Gasteiger partial charge in [-0.1, -0.05) is 12.1 Å². The van der Waals surface area contributed by atoms with Crippen LogP contribution in [0.15, 0.2) is 59.7 Å². The fourth-order valence-corrected chi connectivity index (χ4v) is 1.74. The van der Waals surface area contributed by atoms with Gasteiger partial charge in [0.25, 0.3) is 0 Å². The van der Waals surface area contributed by atoms with E-state index < -0.39 is 0 Å². The Morgan fingerprint density at radius 1 is 0.895 bits per heavy atom. The van der Waals surface area contributed by atoms with Gasteiger partial charge in [-0.2, -0.15) is 5.10 Å². The lowest BCUT2D eigenvalue weighted by Crippen LogP contribution is -2.09. The molecule has 3 aromatic rings. The van der Waals surface area contributed by atoms with Crippen LogP contribution in [0.2, 0.25) is 0 Å². The summed E-state index contributed by atoms with van der Waals surface area (Å²) < 4.78 is 0. The highest BCUT2D eigenvalue weighted by Gasteiger charge is 2.08. The zero-order valence-corrected chi connectivity index (χ0v) is 9.95. The number of nitrogens with one attached hydrogen (secondary N) is 1. The molecule has 19 heavy (non-hydrogen) atoms. The van der Waals surface area contributed by atoms with Gasteiger partial charge in [0.1, 0.15) is 0 Å². The minimum Gasteiger partial charge on any atom is -0.287 e.